The molecule has 1 N–H and O–H groups in total. The zero-order valence-corrected chi connectivity index (χ0v) is 12.6. The number of ether oxygens (including phenoxy) is 1. The van der Waals surface area contributed by atoms with Crippen molar-refractivity contribution in [2.45, 2.75) is 0 Å². The fourth-order valence-corrected chi connectivity index (χ4v) is 2.45. The maximum atomic E-state index is 12.1. The van der Waals surface area contributed by atoms with E-state index in [-0.39, 0.29) is 5.91 Å². The summed E-state index contributed by atoms with van der Waals surface area (Å²) in [6.07, 6.45) is 1.75. The van der Waals surface area contributed by atoms with Crippen molar-refractivity contribution in [2.24, 2.45) is 0 Å². The predicted octanol–water partition coefficient (Wildman–Crippen LogP) is 1.96. The summed E-state index contributed by atoms with van der Waals surface area (Å²) in [5.74, 6) is -1.06. The van der Waals surface area contributed by atoms with E-state index in [1.165, 1.54) is 0 Å². The van der Waals surface area contributed by atoms with Gasteiger partial charge in [0.15, 0.2) is 0 Å². The SMILES string of the molecule is O=C([O-])COc1ccc(/C=C2/C(=O)Nc3cc(Cl)ccc32)cc1. The first-order valence-electron chi connectivity index (χ1n) is 6.78. The highest BCUT2D eigenvalue weighted by atomic mass is 35.5. The molecule has 0 fully saturated rings. The minimum Gasteiger partial charge on any atom is -0.546 e. The Kier molecular flexibility index (Phi) is 4.04. The van der Waals surface area contributed by atoms with Crippen molar-refractivity contribution >= 4 is 40.8 Å². The Labute approximate surface area is 137 Å². The third kappa shape index (κ3) is 3.35. The summed E-state index contributed by atoms with van der Waals surface area (Å²) in [5, 5.41) is 13.7. The molecule has 6 heteroatoms. The van der Waals surface area contributed by atoms with Gasteiger partial charge in [0.1, 0.15) is 12.4 Å². The number of nitrogens with one attached hydrogen (secondary N) is 1. The van der Waals surface area contributed by atoms with Crippen LogP contribution < -0.4 is 15.2 Å². The van der Waals surface area contributed by atoms with E-state index in [9.17, 15) is 14.7 Å². The number of benzene rings is 2. The standard InChI is InChI=1S/C17H12ClNO4/c18-11-3-6-13-14(17(22)19-15(13)8-11)7-10-1-4-12(5-2-10)23-9-16(20)21/h1-8H,9H2,(H,19,22)(H,20,21)/p-1/b14-7+. The molecule has 1 aliphatic rings. The van der Waals surface area contributed by atoms with Gasteiger partial charge in [0.25, 0.3) is 5.91 Å². The topological polar surface area (TPSA) is 78.5 Å². The Bertz CT molecular complexity index is 812. The fraction of sp³-hybridized carbons (Fsp3) is 0.0588. The number of anilines is 1. The Morgan fingerprint density at radius 2 is 1.96 bits per heavy atom. The van der Waals surface area contributed by atoms with Crippen molar-refractivity contribution in [2.75, 3.05) is 11.9 Å². The Balaban J connectivity index is 1.85. The van der Waals surface area contributed by atoms with Gasteiger partial charge >= 0.3 is 0 Å². The van der Waals surface area contributed by atoms with Crippen LogP contribution in [0.15, 0.2) is 42.5 Å². The van der Waals surface area contributed by atoms with Gasteiger partial charge in [0.2, 0.25) is 0 Å². The Morgan fingerprint density at radius 3 is 2.65 bits per heavy atom. The third-order valence-corrected chi connectivity index (χ3v) is 3.55. The van der Waals surface area contributed by atoms with Gasteiger partial charge in [-0.05, 0) is 35.9 Å². The summed E-state index contributed by atoms with van der Waals surface area (Å²) >= 11 is 5.92. The minimum atomic E-state index is -1.28. The number of hydrogen-bond acceptors (Lipinski definition) is 4. The zero-order chi connectivity index (χ0) is 16.4. The van der Waals surface area contributed by atoms with Crippen LogP contribution in [0, 0.1) is 0 Å². The maximum Gasteiger partial charge on any atom is 0.256 e. The highest BCUT2D eigenvalue weighted by Gasteiger charge is 2.23. The fourth-order valence-electron chi connectivity index (χ4n) is 2.28. The van der Waals surface area contributed by atoms with Crippen molar-refractivity contribution in [3.63, 3.8) is 0 Å². The van der Waals surface area contributed by atoms with Crippen molar-refractivity contribution in [1.29, 1.82) is 0 Å². The molecule has 5 nitrogen and oxygen atoms in total. The van der Waals surface area contributed by atoms with E-state index < -0.39 is 12.6 Å². The lowest BCUT2D eigenvalue weighted by Crippen LogP contribution is -2.28. The van der Waals surface area contributed by atoms with E-state index in [2.05, 4.69) is 5.32 Å². The van der Waals surface area contributed by atoms with Crippen LogP contribution in [0.5, 0.6) is 5.75 Å². The smallest absolute Gasteiger partial charge is 0.256 e. The maximum absolute atomic E-state index is 12.1. The highest BCUT2D eigenvalue weighted by molar-refractivity contribution is 6.36. The molecule has 1 heterocycles. The van der Waals surface area contributed by atoms with Crippen LogP contribution in [0.2, 0.25) is 5.02 Å². The molecule has 0 aromatic heterocycles. The molecule has 2 aromatic rings. The summed E-state index contributed by atoms with van der Waals surface area (Å²) in [5.41, 5.74) is 2.80. The second-order valence-electron chi connectivity index (χ2n) is 4.93. The number of halogens is 1. The lowest BCUT2D eigenvalue weighted by Gasteiger charge is -2.06. The van der Waals surface area contributed by atoms with E-state index >= 15 is 0 Å². The van der Waals surface area contributed by atoms with Gasteiger partial charge in [-0.2, -0.15) is 0 Å². The molecule has 0 spiro atoms. The molecule has 0 saturated heterocycles. The molecule has 116 valence electrons. The van der Waals surface area contributed by atoms with E-state index in [0.717, 1.165) is 11.1 Å². The molecular formula is C17H11ClNO4-. The normalized spacial score (nSPS) is 14.5. The van der Waals surface area contributed by atoms with Crippen LogP contribution in [-0.2, 0) is 9.59 Å². The summed E-state index contributed by atoms with van der Waals surface area (Å²) in [6.45, 7) is -0.503. The largest absolute Gasteiger partial charge is 0.546 e. The van der Waals surface area contributed by atoms with Crippen molar-refractivity contribution in [3.05, 3.63) is 58.6 Å². The zero-order valence-electron chi connectivity index (χ0n) is 11.8. The number of carboxylic acid groups (broad SMARTS) is 1. The monoisotopic (exact) mass is 328 g/mol. The lowest BCUT2D eigenvalue weighted by atomic mass is 10.0. The predicted molar refractivity (Wildman–Crippen MR) is 84.9 cm³/mol. The van der Waals surface area contributed by atoms with Gasteiger partial charge in [-0.3, -0.25) is 4.79 Å². The Hall–Kier alpha value is -2.79. The Morgan fingerprint density at radius 1 is 1.22 bits per heavy atom. The van der Waals surface area contributed by atoms with E-state index in [4.69, 9.17) is 16.3 Å². The lowest BCUT2D eigenvalue weighted by molar-refractivity contribution is -0.307. The first-order valence-corrected chi connectivity index (χ1v) is 7.16. The number of aliphatic carboxylic acids is 1. The average Bonchev–Trinajstić information content (AvgIpc) is 2.81. The molecule has 0 bridgehead atoms. The van der Waals surface area contributed by atoms with Crippen LogP contribution in [-0.4, -0.2) is 18.5 Å². The first kappa shape index (κ1) is 15.1. The van der Waals surface area contributed by atoms with Crippen LogP contribution >= 0.6 is 11.6 Å². The number of carbonyl (C=O) groups is 2. The van der Waals surface area contributed by atoms with Gasteiger partial charge in [-0.25, -0.2) is 0 Å². The van der Waals surface area contributed by atoms with E-state index in [1.807, 2.05) is 0 Å². The molecule has 0 atom stereocenters. The van der Waals surface area contributed by atoms with Gasteiger partial charge < -0.3 is 20.0 Å². The van der Waals surface area contributed by atoms with Crippen molar-refractivity contribution < 1.29 is 19.4 Å². The number of rotatable bonds is 4. The molecule has 3 rings (SSSR count). The van der Waals surface area contributed by atoms with E-state index in [0.29, 0.717) is 22.0 Å². The molecule has 0 radical (unpaired) electrons. The average molecular weight is 329 g/mol. The van der Waals surface area contributed by atoms with Gasteiger partial charge in [-0.1, -0.05) is 29.8 Å². The molecule has 1 amide bonds. The van der Waals surface area contributed by atoms with Crippen LogP contribution in [0.3, 0.4) is 0 Å². The van der Waals surface area contributed by atoms with Crippen molar-refractivity contribution in [1.82, 2.24) is 0 Å². The summed E-state index contributed by atoms with van der Waals surface area (Å²) in [6, 6.07) is 11.9. The molecule has 1 aliphatic heterocycles. The third-order valence-electron chi connectivity index (χ3n) is 3.31. The van der Waals surface area contributed by atoms with Gasteiger partial charge in [0.05, 0.1) is 11.7 Å². The molecule has 2 aromatic carbocycles. The minimum absolute atomic E-state index is 0.195. The van der Waals surface area contributed by atoms with Gasteiger partial charge in [-0.15, -0.1) is 0 Å². The van der Waals surface area contributed by atoms with Crippen LogP contribution in [0.1, 0.15) is 11.1 Å². The summed E-state index contributed by atoms with van der Waals surface area (Å²) < 4.78 is 5.01. The van der Waals surface area contributed by atoms with E-state index in [1.54, 1.807) is 48.5 Å². The van der Waals surface area contributed by atoms with Crippen LogP contribution in [0.4, 0.5) is 5.69 Å². The number of hydrogen-bond donors (Lipinski definition) is 1. The highest BCUT2D eigenvalue weighted by Crippen LogP contribution is 2.34. The summed E-state index contributed by atoms with van der Waals surface area (Å²) in [7, 11) is 0. The first-order chi connectivity index (χ1) is 11.0. The number of carboxylic acids is 1. The van der Waals surface area contributed by atoms with Gasteiger partial charge in [0, 0.05) is 16.2 Å². The van der Waals surface area contributed by atoms with Crippen molar-refractivity contribution in [3.8, 4) is 5.75 Å². The molecular weight excluding hydrogens is 318 g/mol. The molecule has 0 aliphatic carbocycles. The molecule has 0 unspecified atom stereocenters. The number of amides is 1. The number of carbonyl (C=O) groups excluding carboxylic acids is 2. The second-order valence-corrected chi connectivity index (χ2v) is 5.37. The second kappa shape index (κ2) is 6.14. The van der Waals surface area contributed by atoms with Crippen LogP contribution in [0.25, 0.3) is 11.6 Å². The molecule has 23 heavy (non-hydrogen) atoms. The quantitative estimate of drug-likeness (QED) is 0.870. The number of fused-ring (bicyclic) bond motifs is 1. The molecule has 0 saturated carbocycles. The summed E-state index contributed by atoms with van der Waals surface area (Å²) in [4.78, 5) is 22.4.